The second-order valence-corrected chi connectivity index (χ2v) is 7.25. The van der Waals surface area contributed by atoms with Crippen molar-refractivity contribution >= 4 is 11.3 Å². The van der Waals surface area contributed by atoms with Gasteiger partial charge < -0.3 is 0 Å². The molecule has 2 nitrogen and oxygen atoms in total. The van der Waals surface area contributed by atoms with Crippen LogP contribution in [0.25, 0.3) is 0 Å². The molecule has 17 heavy (non-hydrogen) atoms. The molecule has 1 aromatic rings. The normalized spacial score (nSPS) is 22.6. The Morgan fingerprint density at radius 3 is 2.53 bits per heavy atom. The van der Waals surface area contributed by atoms with Crippen LogP contribution in [0.1, 0.15) is 56.0 Å². The van der Waals surface area contributed by atoms with Gasteiger partial charge in [0.05, 0.1) is 0 Å². The van der Waals surface area contributed by atoms with Crippen molar-refractivity contribution in [2.45, 2.75) is 52.5 Å². The van der Waals surface area contributed by atoms with Crippen molar-refractivity contribution in [2.24, 2.45) is 17.2 Å². The molecule has 0 radical (unpaired) electrons. The van der Waals surface area contributed by atoms with Crippen molar-refractivity contribution in [3.05, 3.63) is 21.9 Å². The maximum absolute atomic E-state index is 5.77. The molecule has 1 aromatic heterocycles. The quantitative estimate of drug-likeness (QED) is 0.634. The van der Waals surface area contributed by atoms with E-state index in [2.05, 4.69) is 37.6 Å². The number of thiophene rings is 1. The van der Waals surface area contributed by atoms with Crippen molar-refractivity contribution in [3.63, 3.8) is 0 Å². The fourth-order valence-corrected chi connectivity index (χ4v) is 3.63. The van der Waals surface area contributed by atoms with Gasteiger partial charge in [0.15, 0.2) is 0 Å². The number of nitrogens with two attached hydrogens (primary N) is 1. The van der Waals surface area contributed by atoms with Gasteiger partial charge in [0.25, 0.3) is 0 Å². The van der Waals surface area contributed by atoms with Crippen LogP contribution in [0.5, 0.6) is 0 Å². The van der Waals surface area contributed by atoms with Crippen molar-refractivity contribution in [1.29, 1.82) is 0 Å². The van der Waals surface area contributed by atoms with Crippen LogP contribution < -0.4 is 11.3 Å². The van der Waals surface area contributed by atoms with E-state index in [1.807, 2.05) is 11.3 Å². The molecule has 1 aliphatic rings. The highest BCUT2D eigenvalue weighted by Gasteiger charge is 2.31. The highest BCUT2D eigenvalue weighted by Crippen LogP contribution is 2.42. The van der Waals surface area contributed by atoms with Crippen LogP contribution in [0.15, 0.2) is 11.4 Å². The van der Waals surface area contributed by atoms with Gasteiger partial charge in [0, 0.05) is 10.9 Å². The lowest BCUT2D eigenvalue weighted by Crippen LogP contribution is -2.36. The van der Waals surface area contributed by atoms with Gasteiger partial charge in [-0.05, 0) is 60.9 Å². The maximum Gasteiger partial charge on any atom is 0.0496 e. The molecule has 1 heterocycles. The Kier molecular flexibility index (Phi) is 3.91. The zero-order valence-electron chi connectivity index (χ0n) is 11.1. The van der Waals surface area contributed by atoms with Crippen LogP contribution >= 0.6 is 11.3 Å². The summed E-state index contributed by atoms with van der Waals surface area (Å²) in [6.45, 7) is 6.91. The average molecular weight is 252 g/mol. The summed E-state index contributed by atoms with van der Waals surface area (Å²) in [7, 11) is 0. The third kappa shape index (κ3) is 3.09. The van der Waals surface area contributed by atoms with Gasteiger partial charge in [0.1, 0.15) is 0 Å². The van der Waals surface area contributed by atoms with Gasteiger partial charge in [-0.25, -0.2) is 0 Å². The summed E-state index contributed by atoms with van der Waals surface area (Å²) < 4.78 is 0. The van der Waals surface area contributed by atoms with Crippen molar-refractivity contribution < 1.29 is 0 Å². The zero-order valence-corrected chi connectivity index (χ0v) is 11.9. The minimum absolute atomic E-state index is 0.344. The Labute approximate surface area is 109 Å². The van der Waals surface area contributed by atoms with Crippen molar-refractivity contribution in [2.75, 3.05) is 0 Å². The molecule has 3 heteroatoms. The minimum atomic E-state index is 0.344. The summed E-state index contributed by atoms with van der Waals surface area (Å²) in [6.07, 6.45) is 5.21. The lowest BCUT2D eigenvalue weighted by atomic mass is 9.70. The van der Waals surface area contributed by atoms with E-state index in [0.29, 0.717) is 17.4 Å². The molecule has 0 amide bonds. The molecule has 3 N–H and O–H groups in total. The molecule has 0 bridgehead atoms. The highest BCUT2D eigenvalue weighted by molar-refractivity contribution is 7.10. The van der Waals surface area contributed by atoms with E-state index in [9.17, 15) is 0 Å². The predicted molar refractivity (Wildman–Crippen MR) is 74.9 cm³/mol. The Morgan fingerprint density at radius 1 is 1.41 bits per heavy atom. The van der Waals surface area contributed by atoms with Gasteiger partial charge in [-0.2, -0.15) is 0 Å². The van der Waals surface area contributed by atoms with Crippen LogP contribution in [-0.4, -0.2) is 0 Å². The molecule has 1 aliphatic carbocycles. The second kappa shape index (κ2) is 5.09. The Bertz CT molecular complexity index is 360. The van der Waals surface area contributed by atoms with Crippen LogP contribution in [0.3, 0.4) is 0 Å². The molecule has 1 atom stereocenters. The Morgan fingerprint density at radius 2 is 2.06 bits per heavy atom. The fourth-order valence-electron chi connectivity index (χ4n) is 2.89. The van der Waals surface area contributed by atoms with Crippen LogP contribution in [0.2, 0.25) is 0 Å². The molecule has 0 aromatic carbocycles. The first-order valence-electron chi connectivity index (χ1n) is 6.53. The number of aryl methyl sites for hydroxylation is 1. The number of nitrogens with one attached hydrogen (secondary N) is 1. The SMILES string of the molecule is Cc1cc(C(NN)C2CCC(C)(C)CC2)cs1. The largest absolute Gasteiger partial charge is 0.271 e. The predicted octanol–water partition coefficient (Wildman–Crippen LogP) is 3.78. The van der Waals surface area contributed by atoms with Crippen molar-refractivity contribution in [1.82, 2.24) is 5.43 Å². The van der Waals surface area contributed by atoms with Crippen molar-refractivity contribution in [3.8, 4) is 0 Å². The van der Waals surface area contributed by atoms with E-state index >= 15 is 0 Å². The third-order valence-electron chi connectivity index (χ3n) is 4.14. The molecule has 2 rings (SSSR count). The first kappa shape index (κ1) is 13.1. The zero-order chi connectivity index (χ0) is 12.5. The number of hydrazine groups is 1. The monoisotopic (exact) mass is 252 g/mol. The molecular formula is C14H24N2S. The van der Waals surface area contributed by atoms with Crippen LogP contribution in [0.4, 0.5) is 0 Å². The fraction of sp³-hybridized carbons (Fsp3) is 0.714. The molecule has 1 fully saturated rings. The van der Waals surface area contributed by atoms with E-state index in [-0.39, 0.29) is 0 Å². The van der Waals surface area contributed by atoms with Crippen LogP contribution in [-0.2, 0) is 0 Å². The first-order chi connectivity index (χ1) is 8.02. The Hall–Kier alpha value is -0.380. The standard InChI is InChI=1S/C14H24N2S/c1-10-8-12(9-17-10)13(16-15)11-4-6-14(2,3)7-5-11/h8-9,11,13,16H,4-7,15H2,1-3H3. The van der Waals surface area contributed by atoms with E-state index in [4.69, 9.17) is 5.84 Å². The maximum atomic E-state index is 5.77. The van der Waals surface area contributed by atoms with E-state index in [0.717, 1.165) is 0 Å². The Balaban J connectivity index is 2.05. The summed E-state index contributed by atoms with van der Waals surface area (Å²) in [6, 6.07) is 2.62. The number of hydrogen-bond acceptors (Lipinski definition) is 3. The van der Waals surface area contributed by atoms with Crippen LogP contribution in [0, 0.1) is 18.3 Å². The van der Waals surface area contributed by atoms with E-state index in [1.165, 1.54) is 36.1 Å². The topological polar surface area (TPSA) is 38.0 Å². The number of rotatable bonds is 3. The van der Waals surface area contributed by atoms with Gasteiger partial charge in [0.2, 0.25) is 0 Å². The molecule has 1 saturated carbocycles. The molecule has 96 valence electrons. The molecule has 0 spiro atoms. The molecule has 1 unspecified atom stereocenters. The summed E-state index contributed by atoms with van der Waals surface area (Å²) >= 11 is 1.82. The molecular weight excluding hydrogens is 228 g/mol. The lowest BCUT2D eigenvalue weighted by molar-refractivity contribution is 0.161. The smallest absolute Gasteiger partial charge is 0.0496 e. The molecule has 0 saturated heterocycles. The summed E-state index contributed by atoms with van der Waals surface area (Å²) in [4.78, 5) is 1.37. The number of hydrogen-bond donors (Lipinski definition) is 2. The van der Waals surface area contributed by atoms with Gasteiger partial charge in [-0.15, -0.1) is 11.3 Å². The lowest BCUT2D eigenvalue weighted by Gasteiger charge is -2.37. The van der Waals surface area contributed by atoms with E-state index in [1.54, 1.807) is 0 Å². The van der Waals surface area contributed by atoms with Gasteiger partial charge in [-0.3, -0.25) is 11.3 Å². The first-order valence-corrected chi connectivity index (χ1v) is 7.41. The molecule has 0 aliphatic heterocycles. The average Bonchev–Trinajstić information content (AvgIpc) is 2.68. The second-order valence-electron chi connectivity index (χ2n) is 6.14. The highest BCUT2D eigenvalue weighted by atomic mass is 32.1. The third-order valence-corrected chi connectivity index (χ3v) is 5.02. The van der Waals surface area contributed by atoms with Gasteiger partial charge >= 0.3 is 0 Å². The van der Waals surface area contributed by atoms with E-state index < -0.39 is 0 Å². The minimum Gasteiger partial charge on any atom is -0.271 e. The van der Waals surface area contributed by atoms with Gasteiger partial charge in [-0.1, -0.05) is 13.8 Å². The summed E-state index contributed by atoms with van der Waals surface area (Å²) in [5.41, 5.74) is 4.94. The summed E-state index contributed by atoms with van der Waals surface area (Å²) in [5.74, 6) is 6.46. The summed E-state index contributed by atoms with van der Waals surface area (Å²) in [5, 5.41) is 2.25.